The number of benzene rings is 1. The van der Waals surface area contributed by atoms with Crippen LogP contribution in [0.1, 0.15) is 15.9 Å². The summed E-state index contributed by atoms with van der Waals surface area (Å²) < 4.78 is 2.64. The quantitative estimate of drug-likeness (QED) is 0.921. The number of hydrogen-bond acceptors (Lipinski definition) is 1. The predicted octanol–water partition coefficient (Wildman–Crippen LogP) is 3.37. The van der Waals surface area contributed by atoms with Gasteiger partial charge in [0.25, 0.3) is 5.91 Å². The molecule has 0 spiro atoms. The van der Waals surface area contributed by atoms with Crippen molar-refractivity contribution in [3.05, 3.63) is 57.3 Å². The van der Waals surface area contributed by atoms with E-state index in [1.165, 1.54) is 0 Å². The molecule has 2 aromatic rings. The highest BCUT2D eigenvalue weighted by Gasteiger charge is 2.10. The van der Waals surface area contributed by atoms with Crippen molar-refractivity contribution in [3.8, 4) is 0 Å². The Morgan fingerprint density at radius 3 is 2.83 bits per heavy atom. The standard InChI is InChI=1S/C13H12BrClN2O/c1-17-5-4-9(8-17)7-16-13(18)11-3-2-10(15)6-12(11)14/h2-6,8H,7H2,1H3,(H,16,18). The largest absolute Gasteiger partial charge is 0.357 e. The number of aromatic nitrogens is 1. The van der Waals surface area contributed by atoms with Crippen molar-refractivity contribution < 1.29 is 4.79 Å². The summed E-state index contributed by atoms with van der Waals surface area (Å²) in [5.41, 5.74) is 1.64. The van der Waals surface area contributed by atoms with E-state index in [9.17, 15) is 4.79 Å². The third-order valence-electron chi connectivity index (χ3n) is 2.52. The Balaban J connectivity index is 2.03. The molecule has 1 N–H and O–H groups in total. The molecule has 1 heterocycles. The van der Waals surface area contributed by atoms with Crippen LogP contribution >= 0.6 is 27.5 Å². The number of carbonyl (C=O) groups excluding carboxylic acids is 1. The Morgan fingerprint density at radius 1 is 1.44 bits per heavy atom. The summed E-state index contributed by atoms with van der Waals surface area (Å²) in [6, 6.07) is 7.08. The van der Waals surface area contributed by atoms with Crippen molar-refractivity contribution >= 4 is 33.4 Å². The van der Waals surface area contributed by atoms with E-state index in [0.717, 1.165) is 5.56 Å². The first kappa shape index (κ1) is 13.2. The molecule has 2 rings (SSSR count). The first-order chi connectivity index (χ1) is 8.56. The molecule has 0 saturated carbocycles. The normalized spacial score (nSPS) is 10.4. The van der Waals surface area contributed by atoms with E-state index in [-0.39, 0.29) is 5.91 Å². The first-order valence-corrected chi connectivity index (χ1v) is 6.57. The fourth-order valence-electron chi connectivity index (χ4n) is 1.62. The summed E-state index contributed by atoms with van der Waals surface area (Å²) in [4.78, 5) is 12.0. The van der Waals surface area contributed by atoms with Crippen molar-refractivity contribution in [2.24, 2.45) is 7.05 Å². The molecule has 18 heavy (non-hydrogen) atoms. The van der Waals surface area contributed by atoms with Crippen LogP contribution in [0.25, 0.3) is 0 Å². The van der Waals surface area contributed by atoms with Crippen molar-refractivity contribution in [2.75, 3.05) is 0 Å². The molecule has 3 nitrogen and oxygen atoms in total. The van der Waals surface area contributed by atoms with Gasteiger partial charge in [0.05, 0.1) is 5.56 Å². The molecule has 0 bridgehead atoms. The fourth-order valence-corrected chi connectivity index (χ4v) is 2.48. The maximum atomic E-state index is 12.0. The van der Waals surface area contributed by atoms with Gasteiger partial charge in [-0.15, -0.1) is 0 Å². The third kappa shape index (κ3) is 3.15. The van der Waals surface area contributed by atoms with Gasteiger partial charge in [-0.05, 0) is 45.8 Å². The van der Waals surface area contributed by atoms with Gasteiger partial charge in [-0.25, -0.2) is 0 Å². The van der Waals surface area contributed by atoms with Gasteiger partial charge in [0.1, 0.15) is 0 Å². The number of rotatable bonds is 3. The Bertz CT molecular complexity index is 580. The minimum atomic E-state index is -0.123. The van der Waals surface area contributed by atoms with Gasteiger partial charge < -0.3 is 9.88 Å². The van der Waals surface area contributed by atoms with Crippen molar-refractivity contribution in [1.82, 2.24) is 9.88 Å². The Kier molecular flexibility index (Phi) is 4.09. The molecule has 0 saturated heterocycles. The molecular formula is C13H12BrClN2O. The van der Waals surface area contributed by atoms with E-state index < -0.39 is 0 Å². The SMILES string of the molecule is Cn1ccc(CNC(=O)c2ccc(Cl)cc2Br)c1. The number of hydrogen-bond donors (Lipinski definition) is 1. The van der Waals surface area contributed by atoms with Crippen LogP contribution in [-0.4, -0.2) is 10.5 Å². The van der Waals surface area contributed by atoms with E-state index in [2.05, 4.69) is 21.2 Å². The van der Waals surface area contributed by atoms with E-state index >= 15 is 0 Å². The summed E-state index contributed by atoms with van der Waals surface area (Å²) in [6.45, 7) is 0.509. The van der Waals surface area contributed by atoms with Gasteiger partial charge in [0, 0.05) is 35.5 Å². The zero-order valence-corrected chi connectivity index (χ0v) is 12.1. The van der Waals surface area contributed by atoms with Gasteiger partial charge in [-0.2, -0.15) is 0 Å². The molecule has 1 aromatic carbocycles. The molecule has 94 valence electrons. The molecule has 0 unspecified atom stereocenters. The van der Waals surface area contributed by atoms with Gasteiger partial charge in [0.15, 0.2) is 0 Å². The van der Waals surface area contributed by atoms with Crippen molar-refractivity contribution in [2.45, 2.75) is 6.54 Å². The minimum Gasteiger partial charge on any atom is -0.357 e. The molecule has 5 heteroatoms. The lowest BCUT2D eigenvalue weighted by molar-refractivity contribution is 0.0950. The third-order valence-corrected chi connectivity index (χ3v) is 3.41. The van der Waals surface area contributed by atoms with Crippen LogP contribution in [-0.2, 0) is 13.6 Å². The molecule has 0 fully saturated rings. The van der Waals surface area contributed by atoms with Crippen LogP contribution in [0.5, 0.6) is 0 Å². The van der Waals surface area contributed by atoms with Gasteiger partial charge >= 0.3 is 0 Å². The smallest absolute Gasteiger partial charge is 0.252 e. The molecule has 0 radical (unpaired) electrons. The van der Waals surface area contributed by atoms with Crippen LogP contribution in [0.3, 0.4) is 0 Å². The number of aryl methyl sites for hydroxylation is 1. The lowest BCUT2D eigenvalue weighted by atomic mass is 10.2. The monoisotopic (exact) mass is 326 g/mol. The Hall–Kier alpha value is -1.26. The topological polar surface area (TPSA) is 34.0 Å². The van der Waals surface area contributed by atoms with Crippen molar-refractivity contribution in [1.29, 1.82) is 0 Å². The lowest BCUT2D eigenvalue weighted by Crippen LogP contribution is -2.22. The van der Waals surface area contributed by atoms with Crippen molar-refractivity contribution in [3.63, 3.8) is 0 Å². The second kappa shape index (κ2) is 5.59. The molecule has 0 aliphatic heterocycles. The number of halogens is 2. The minimum absolute atomic E-state index is 0.123. The zero-order valence-electron chi connectivity index (χ0n) is 9.78. The van der Waals surface area contributed by atoms with Crippen LogP contribution in [0, 0.1) is 0 Å². The fraction of sp³-hybridized carbons (Fsp3) is 0.154. The second-order valence-corrected chi connectivity index (χ2v) is 5.28. The number of nitrogens with one attached hydrogen (secondary N) is 1. The summed E-state index contributed by atoms with van der Waals surface area (Å²) in [7, 11) is 1.95. The average Bonchev–Trinajstić information content (AvgIpc) is 2.72. The number of carbonyl (C=O) groups is 1. The highest BCUT2D eigenvalue weighted by Crippen LogP contribution is 2.21. The molecule has 1 amide bonds. The lowest BCUT2D eigenvalue weighted by Gasteiger charge is -2.06. The Labute approximate surface area is 119 Å². The summed E-state index contributed by atoms with van der Waals surface area (Å²) in [5.74, 6) is -0.123. The van der Waals surface area contributed by atoms with Crippen LogP contribution in [0.15, 0.2) is 41.1 Å². The van der Waals surface area contributed by atoms with E-state index in [4.69, 9.17) is 11.6 Å². The van der Waals surface area contributed by atoms with E-state index in [1.807, 2.05) is 30.1 Å². The Morgan fingerprint density at radius 2 is 2.22 bits per heavy atom. The van der Waals surface area contributed by atoms with Gasteiger partial charge in [-0.1, -0.05) is 11.6 Å². The van der Waals surface area contributed by atoms with Gasteiger partial charge in [-0.3, -0.25) is 4.79 Å². The highest BCUT2D eigenvalue weighted by atomic mass is 79.9. The number of nitrogens with zero attached hydrogens (tertiary/aromatic N) is 1. The first-order valence-electron chi connectivity index (χ1n) is 5.40. The summed E-state index contributed by atoms with van der Waals surface area (Å²) in [5, 5.41) is 3.46. The molecular weight excluding hydrogens is 316 g/mol. The van der Waals surface area contributed by atoms with E-state index in [0.29, 0.717) is 21.6 Å². The number of amides is 1. The highest BCUT2D eigenvalue weighted by molar-refractivity contribution is 9.10. The van der Waals surface area contributed by atoms with Crippen LogP contribution < -0.4 is 5.32 Å². The molecule has 1 aromatic heterocycles. The summed E-state index contributed by atoms with van der Waals surface area (Å²) in [6.07, 6.45) is 3.91. The molecule has 0 aliphatic carbocycles. The van der Waals surface area contributed by atoms with Crippen LogP contribution in [0.2, 0.25) is 5.02 Å². The maximum absolute atomic E-state index is 12.0. The summed E-state index contributed by atoms with van der Waals surface area (Å²) >= 11 is 9.16. The predicted molar refractivity (Wildman–Crippen MR) is 75.7 cm³/mol. The van der Waals surface area contributed by atoms with Gasteiger partial charge in [0.2, 0.25) is 0 Å². The van der Waals surface area contributed by atoms with E-state index in [1.54, 1.807) is 18.2 Å². The zero-order chi connectivity index (χ0) is 13.1. The van der Waals surface area contributed by atoms with Crippen LogP contribution in [0.4, 0.5) is 0 Å². The molecule has 0 aliphatic rings. The second-order valence-electron chi connectivity index (χ2n) is 3.99. The molecule has 0 atom stereocenters. The maximum Gasteiger partial charge on any atom is 0.252 e. The average molecular weight is 328 g/mol.